The summed E-state index contributed by atoms with van der Waals surface area (Å²) in [4.78, 5) is 11.6. The molecule has 0 aliphatic carbocycles. The minimum absolute atomic E-state index is 0.0197. The number of nitrogens with zero attached hydrogens (tertiary/aromatic N) is 1. The fourth-order valence-corrected chi connectivity index (χ4v) is 1.31. The molecule has 0 aromatic rings. The number of alkyl halides is 3. The van der Waals surface area contributed by atoms with E-state index in [-0.39, 0.29) is 13.2 Å². The van der Waals surface area contributed by atoms with Gasteiger partial charge in [-0.1, -0.05) is 0 Å². The molecule has 17 heavy (non-hydrogen) atoms. The highest BCUT2D eigenvalue weighted by atomic mass is 19.4. The zero-order valence-corrected chi connectivity index (χ0v) is 9.57. The van der Waals surface area contributed by atoms with Gasteiger partial charge < -0.3 is 19.8 Å². The lowest BCUT2D eigenvalue weighted by atomic mass is 10.1. The van der Waals surface area contributed by atoms with E-state index in [9.17, 15) is 23.1 Å². The number of carbonyl (C=O) groups is 1. The molecule has 0 spiro atoms. The molecule has 0 rings (SSSR count). The lowest BCUT2D eigenvalue weighted by Gasteiger charge is -2.24. The summed E-state index contributed by atoms with van der Waals surface area (Å²) in [5.41, 5.74) is 0. The van der Waals surface area contributed by atoms with E-state index in [0.717, 1.165) is 4.90 Å². The zero-order chi connectivity index (χ0) is 13.6. The summed E-state index contributed by atoms with van der Waals surface area (Å²) in [6.07, 6.45) is -5.75. The molecule has 2 N–H and O–H groups in total. The number of rotatable bonds is 7. The number of ether oxygens (including phenoxy) is 1. The van der Waals surface area contributed by atoms with Gasteiger partial charge in [0.05, 0.1) is 12.7 Å². The molecule has 0 fully saturated rings. The van der Waals surface area contributed by atoms with Crippen LogP contribution in [0, 0.1) is 5.92 Å². The molecule has 0 radical (unpaired) electrons. The number of likely N-dealkylation sites (N-methyl/N-ethyl adjacent to an activating group) is 1. The maximum atomic E-state index is 12.3. The first-order chi connectivity index (χ1) is 7.68. The van der Waals surface area contributed by atoms with Crippen molar-refractivity contribution in [3.63, 3.8) is 0 Å². The summed E-state index contributed by atoms with van der Waals surface area (Å²) in [5, 5.41) is 17.7. The highest BCUT2D eigenvalue weighted by molar-refractivity contribution is 5.71. The summed E-state index contributed by atoms with van der Waals surface area (Å²) in [6.45, 7) is -0.818. The maximum Gasteiger partial charge on any atom is 0.403 e. The van der Waals surface area contributed by atoms with Crippen molar-refractivity contribution in [2.75, 3.05) is 33.9 Å². The van der Waals surface area contributed by atoms with Gasteiger partial charge in [0.1, 0.15) is 0 Å². The van der Waals surface area contributed by atoms with Crippen molar-refractivity contribution in [3.05, 3.63) is 0 Å². The average molecular weight is 259 g/mol. The molecular weight excluding hydrogens is 243 g/mol. The van der Waals surface area contributed by atoms with Crippen molar-refractivity contribution in [1.29, 1.82) is 0 Å². The third kappa shape index (κ3) is 6.44. The molecule has 0 aliphatic heterocycles. The Morgan fingerprint density at radius 1 is 1.41 bits per heavy atom. The summed E-state index contributed by atoms with van der Waals surface area (Å²) >= 11 is 0. The molecule has 8 heteroatoms. The van der Waals surface area contributed by atoms with Crippen LogP contribution < -0.4 is 0 Å². The first-order valence-electron chi connectivity index (χ1n) is 4.83. The number of aliphatic carboxylic acids is 1. The average Bonchev–Trinajstić information content (AvgIpc) is 2.12. The Bertz CT molecular complexity index is 247. The Morgan fingerprint density at radius 3 is 2.29 bits per heavy atom. The van der Waals surface area contributed by atoms with E-state index in [0.29, 0.717) is 0 Å². The maximum absolute atomic E-state index is 12.3. The Kier molecular flexibility index (Phi) is 6.43. The van der Waals surface area contributed by atoms with Crippen LogP contribution in [-0.2, 0) is 9.53 Å². The molecule has 0 aromatic carbocycles. The van der Waals surface area contributed by atoms with E-state index in [1.54, 1.807) is 0 Å². The summed E-state index contributed by atoms with van der Waals surface area (Å²) in [6, 6.07) is 0. The smallest absolute Gasteiger partial charge is 0.403 e. The van der Waals surface area contributed by atoms with E-state index < -0.39 is 30.7 Å². The molecule has 0 saturated carbocycles. The standard InChI is InChI=1S/C9H16F3NO4/c1-13(3-6(14)5-17-2)4-7(8(15)16)9(10,11)12/h6-7,14H,3-5H2,1-2H3,(H,15,16). The van der Waals surface area contributed by atoms with Crippen molar-refractivity contribution in [2.45, 2.75) is 12.3 Å². The van der Waals surface area contributed by atoms with Gasteiger partial charge in [-0.3, -0.25) is 4.79 Å². The second-order valence-electron chi connectivity index (χ2n) is 3.76. The van der Waals surface area contributed by atoms with Gasteiger partial charge in [-0.25, -0.2) is 0 Å². The van der Waals surface area contributed by atoms with Crippen LogP contribution in [0.25, 0.3) is 0 Å². The van der Waals surface area contributed by atoms with Gasteiger partial charge in [-0.15, -0.1) is 0 Å². The number of hydrogen-bond donors (Lipinski definition) is 2. The molecule has 0 amide bonds. The fourth-order valence-electron chi connectivity index (χ4n) is 1.31. The van der Waals surface area contributed by atoms with Crippen LogP contribution in [0.1, 0.15) is 0 Å². The van der Waals surface area contributed by atoms with Crippen molar-refractivity contribution < 1.29 is 32.9 Å². The number of hydrogen-bond acceptors (Lipinski definition) is 4. The van der Waals surface area contributed by atoms with Gasteiger partial charge in [0.2, 0.25) is 0 Å². The van der Waals surface area contributed by atoms with Crippen LogP contribution >= 0.6 is 0 Å². The monoisotopic (exact) mass is 259 g/mol. The molecule has 2 atom stereocenters. The van der Waals surface area contributed by atoms with Crippen LogP contribution in [-0.4, -0.2) is 67.2 Å². The molecule has 0 aliphatic rings. The Balaban J connectivity index is 4.32. The van der Waals surface area contributed by atoms with Crippen LogP contribution in [0.2, 0.25) is 0 Å². The predicted octanol–water partition coefficient (Wildman–Crippen LogP) is 0.189. The SMILES string of the molecule is COCC(O)CN(C)CC(C(=O)O)C(F)(F)F. The first-order valence-corrected chi connectivity index (χ1v) is 4.83. The van der Waals surface area contributed by atoms with E-state index in [1.807, 2.05) is 0 Å². The predicted molar refractivity (Wildman–Crippen MR) is 52.6 cm³/mol. The van der Waals surface area contributed by atoms with Crippen molar-refractivity contribution in [2.24, 2.45) is 5.92 Å². The highest BCUT2D eigenvalue weighted by Crippen LogP contribution is 2.27. The van der Waals surface area contributed by atoms with Crippen LogP contribution in [0.3, 0.4) is 0 Å². The summed E-state index contributed by atoms with van der Waals surface area (Å²) < 4.78 is 41.6. The van der Waals surface area contributed by atoms with Gasteiger partial charge >= 0.3 is 12.1 Å². The van der Waals surface area contributed by atoms with Crippen LogP contribution in [0.4, 0.5) is 13.2 Å². The topological polar surface area (TPSA) is 70.0 Å². The van der Waals surface area contributed by atoms with Crippen LogP contribution in [0.5, 0.6) is 0 Å². The highest BCUT2D eigenvalue weighted by Gasteiger charge is 2.45. The first kappa shape index (κ1) is 16.1. The van der Waals surface area contributed by atoms with E-state index in [1.165, 1.54) is 14.2 Å². The van der Waals surface area contributed by atoms with E-state index in [2.05, 4.69) is 4.74 Å². The van der Waals surface area contributed by atoms with Crippen molar-refractivity contribution in [3.8, 4) is 0 Å². The molecule has 5 nitrogen and oxygen atoms in total. The minimum atomic E-state index is -4.80. The number of carboxylic acid groups (broad SMARTS) is 1. The Labute approximate surface area is 96.8 Å². The van der Waals surface area contributed by atoms with Gasteiger partial charge in [0, 0.05) is 20.2 Å². The second-order valence-corrected chi connectivity index (χ2v) is 3.76. The van der Waals surface area contributed by atoms with Gasteiger partial charge in [-0.05, 0) is 7.05 Å². The van der Waals surface area contributed by atoms with Crippen molar-refractivity contribution >= 4 is 5.97 Å². The molecule has 102 valence electrons. The van der Waals surface area contributed by atoms with E-state index in [4.69, 9.17) is 5.11 Å². The number of aliphatic hydroxyl groups excluding tert-OH is 1. The lowest BCUT2D eigenvalue weighted by Crippen LogP contribution is -2.42. The molecular formula is C9H16F3NO4. The van der Waals surface area contributed by atoms with Gasteiger partial charge in [0.15, 0.2) is 5.92 Å². The van der Waals surface area contributed by atoms with Crippen LogP contribution in [0.15, 0.2) is 0 Å². The Morgan fingerprint density at radius 2 is 1.94 bits per heavy atom. The number of aliphatic hydroxyl groups is 1. The minimum Gasteiger partial charge on any atom is -0.481 e. The van der Waals surface area contributed by atoms with Gasteiger partial charge in [-0.2, -0.15) is 13.2 Å². The second kappa shape index (κ2) is 6.77. The summed E-state index contributed by atoms with van der Waals surface area (Å²) in [5.74, 6) is -4.38. The third-order valence-corrected chi connectivity index (χ3v) is 2.07. The third-order valence-electron chi connectivity index (χ3n) is 2.07. The Hall–Kier alpha value is -0.860. The molecule has 2 unspecified atom stereocenters. The number of carboxylic acids is 1. The quantitative estimate of drug-likeness (QED) is 0.683. The molecule has 0 saturated heterocycles. The fraction of sp³-hybridized carbons (Fsp3) is 0.889. The molecule has 0 aromatic heterocycles. The van der Waals surface area contributed by atoms with Gasteiger partial charge in [0.25, 0.3) is 0 Å². The lowest BCUT2D eigenvalue weighted by molar-refractivity contribution is -0.196. The molecule has 0 heterocycles. The number of halogens is 3. The number of methoxy groups -OCH3 is 1. The largest absolute Gasteiger partial charge is 0.481 e. The van der Waals surface area contributed by atoms with Crippen molar-refractivity contribution in [1.82, 2.24) is 4.90 Å². The summed E-state index contributed by atoms with van der Waals surface area (Å²) in [7, 11) is 2.65. The van der Waals surface area contributed by atoms with E-state index >= 15 is 0 Å². The molecule has 0 bridgehead atoms. The normalized spacial score (nSPS) is 15.9. The zero-order valence-electron chi connectivity index (χ0n) is 9.57.